The zero-order valence-electron chi connectivity index (χ0n) is 18.8. The van der Waals surface area contributed by atoms with E-state index in [-0.39, 0.29) is 11.1 Å². The normalized spacial score (nSPS) is 11.2. The van der Waals surface area contributed by atoms with Crippen LogP contribution in [0.15, 0.2) is 16.6 Å². The molecule has 0 heterocycles. The van der Waals surface area contributed by atoms with Gasteiger partial charge in [-0.1, -0.05) is 77.8 Å². The number of ether oxygens (including phenoxy) is 2. The van der Waals surface area contributed by atoms with E-state index in [4.69, 9.17) is 21.1 Å². The molecule has 0 N–H and O–H groups in total. The van der Waals surface area contributed by atoms with Crippen molar-refractivity contribution >= 4 is 39.5 Å². The van der Waals surface area contributed by atoms with Crippen LogP contribution in [-0.4, -0.2) is 25.2 Å². The van der Waals surface area contributed by atoms with E-state index in [0.717, 1.165) is 38.5 Å². The lowest BCUT2D eigenvalue weighted by Crippen LogP contribution is -2.15. The number of halogens is 2. The number of rotatable bonds is 14. The Bertz CT molecular complexity index is 616. The van der Waals surface area contributed by atoms with E-state index < -0.39 is 11.9 Å². The average Bonchev–Trinajstić information content (AvgIpc) is 2.68. The van der Waals surface area contributed by atoms with Gasteiger partial charge in [-0.15, -0.1) is 0 Å². The fourth-order valence-corrected chi connectivity index (χ4v) is 3.54. The molecule has 0 bridgehead atoms. The first kappa shape index (κ1) is 27.0. The van der Waals surface area contributed by atoms with Gasteiger partial charge in [0.25, 0.3) is 0 Å². The zero-order valence-corrected chi connectivity index (χ0v) is 21.1. The summed E-state index contributed by atoms with van der Waals surface area (Å²) in [7, 11) is 0. The first-order valence-electron chi connectivity index (χ1n) is 11.1. The van der Waals surface area contributed by atoms with E-state index in [9.17, 15) is 9.59 Å². The van der Waals surface area contributed by atoms with Crippen LogP contribution in [0, 0.1) is 11.8 Å². The van der Waals surface area contributed by atoms with Crippen molar-refractivity contribution in [1.82, 2.24) is 0 Å². The Morgan fingerprint density at radius 1 is 0.800 bits per heavy atom. The molecule has 0 spiro atoms. The molecule has 1 aromatic rings. The van der Waals surface area contributed by atoms with Crippen molar-refractivity contribution in [3.63, 3.8) is 0 Å². The highest BCUT2D eigenvalue weighted by atomic mass is 79.9. The summed E-state index contributed by atoms with van der Waals surface area (Å²) in [5.41, 5.74) is 0.327. The van der Waals surface area contributed by atoms with Gasteiger partial charge in [0.15, 0.2) is 0 Å². The quantitative estimate of drug-likeness (QED) is 0.191. The van der Waals surface area contributed by atoms with Crippen molar-refractivity contribution in [1.29, 1.82) is 0 Å². The molecule has 0 saturated heterocycles. The minimum absolute atomic E-state index is 0.148. The standard InChI is InChI=1S/C24H36BrClO4/c1-17(2)11-7-5-9-13-29-23(27)19-15-21(25)22(26)16-20(19)24(28)30-14-10-6-8-12-18(3)4/h15-18H,5-14H2,1-4H3. The third-order valence-electron chi connectivity index (χ3n) is 4.82. The number of hydrogen-bond acceptors (Lipinski definition) is 4. The molecule has 170 valence electrons. The van der Waals surface area contributed by atoms with Gasteiger partial charge in [-0.25, -0.2) is 9.59 Å². The van der Waals surface area contributed by atoms with E-state index in [1.165, 1.54) is 25.0 Å². The Balaban J connectivity index is 2.59. The fraction of sp³-hybridized carbons (Fsp3) is 0.667. The number of carbonyl (C=O) groups is 2. The maximum atomic E-state index is 12.6. The lowest BCUT2D eigenvalue weighted by molar-refractivity contribution is 0.0450. The summed E-state index contributed by atoms with van der Waals surface area (Å²) in [6.07, 6.45) is 8.22. The summed E-state index contributed by atoms with van der Waals surface area (Å²) in [6, 6.07) is 2.99. The first-order valence-corrected chi connectivity index (χ1v) is 12.2. The van der Waals surface area contributed by atoms with Crippen molar-refractivity contribution in [2.75, 3.05) is 13.2 Å². The molecule has 1 rings (SSSR count). The third kappa shape index (κ3) is 10.8. The lowest BCUT2D eigenvalue weighted by atomic mass is 10.1. The van der Waals surface area contributed by atoms with Crippen LogP contribution in [0.25, 0.3) is 0 Å². The molecule has 0 aliphatic carbocycles. The largest absolute Gasteiger partial charge is 0.462 e. The molecule has 4 nitrogen and oxygen atoms in total. The van der Waals surface area contributed by atoms with Crippen molar-refractivity contribution in [2.24, 2.45) is 11.8 Å². The van der Waals surface area contributed by atoms with Crippen LogP contribution >= 0.6 is 27.5 Å². The molecule has 6 heteroatoms. The lowest BCUT2D eigenvalue weighted by Gasteiger charge is -2.12. The van der Waals surface area contributed by atoms with E-state index in [1.807, 2.05) is 0 Å². The smallest absolute Gasteiger partial charge is 0.339 e. The summed E-state index contributed by atoms with van der Waals surface area (Å²) in [5, 5.41) is 0.351. The van der Waals surface area contributed by atoms with Gasteiger partial charge < -0.3 is 9.47 Å². The minimum atomic E-state index is -0.544. The molecule has 0 aromatic heterocycles. The molecule has 0 unspecified atom stereocenters. The van der Waals surface area contributed by atoms with E-state index in [1.54, 1.807) is 0 Å². The minimum Gasteiger partial charge on any atom is -0.462 e. The second-order valence-electron chi connectivity index (χ2n) is 8.57. The Morgan fingerprint density at radius 3 is 1.67 bits per heavy atom. The van der Waals surface area contributed by atoms with Crippen LogP contribution in [-0.2, 0) is 9.47 Å². The van der Waals surface area contributed by atoms with E-state index in [0.29, 0.717) is 34.5 Å². The first-order chi connectivity index (χ1) is 14.2. The molecule has 0 saturated carbocycles. The molecule has 30 heavy (non-hydrogen) atoms. The van der Waals surface area contributed by atoms with Crippen LogP contribution in [0.3, 0.4) is 0 Å². The number of hydrogen-bond donors (Lipinski definition) is 0. The molecule has 1 aromatic carbocycles. The molecule has 0 atom stereocenters. The van der Waals surface area contributed by atoms with Gasteiger partial charge in [-0.2, -0.15) is 0 Å². The van der Waals surface area contributed by atoms with Gasteiger partial charge in [-0.3, -0.25) is 0 Å². The zero-order chi connectivity index (χ0) is 22.5. The van der Waals surface area contributed by atoms with Crippen LogP contribution in [0.1, 0.15) is 99.8 Å². The van der Waals surface area contributed by atoms with Gasteiger partial charge in [0.2, 0.25) is 0 Å². The Morgan fingerprint density at radius 2 is 1.23 bits per heavy atom. The van der Waals surface area contributed by atoms with Crippen molar-refractivity contribution < 1.29 is 19.1 Å². The van der Waals surface area contributed by atoms with E-state index >= 15 is 0 Å². The Labute approximate surface area is 195 Å². The van der Waals surface area contributed by atoms with Crippen molar-refractivity contribution in [2.45, 2.75) is 79.1 Å². The summed E-state index contributed by atoms with van der Waals surface area (Å²) in [5.74, 6) is 0.293. The van der Waals surface area contributed by atoms with Crippen LogP contribution in [0.4, 0.5) is 0 Å². The Kier molecular flexibility index (Phi) is 13.3. The highest BCUT2D eigenvalue weighted by molar-refractivity contribution is 9.10. The fourth-order valence-electron chi connectivity index (χ4n) is 3.03. The van der Waals surface area contributed by atoms with Crippen molar-refractivity contribution in [3.05, 3.63) is 32.8 Å². The van der Waals surface area contributed by atoms with Gasteiger partial charge in [-0.05, 0) is 52.7 Å². The van der Waals surface area contributed by atoms with E-state index in [2.05, 4.69) is 43.6 Å². The summed E-state index contributed by atoms with van der Waals surface area (Å²) in [6.45, 7) is 9.46. The summed E-state index contributed by atoms with van der Waals surface area (Å²) >= 11 is 9.46. The number of carbonyl (C=O) groups excluding carboxylic acids is 2. The SMILES string of the molecule is CC(C)CCCCCOC(=O)c1cc(Cl)c(Br)cc1C(=O)OCCCCCC(C)C. The molecule has 0 aliphatic rings. The third-order valence-corrected chi connectivity index (χ3v) is 6.02. The van der Waals surface area contributed by atoms with Crippen LogP contribution < -0.4 is 0 Å². The highest BCUT2D eigenvalue weighted by Crippen LogP contribution is 2.27. The van der Waals surface area contributed by atoms with Gasteiger partial charge in [0.1, 0.15) is 0 Å². The second-order valence-corrected chi connectivity index (χ2v) is 9.83. The van der Waals surface area contributed by atoms with Crippen molar-refractivity contribution in [3.8, 4) is 0 Å². The average molecular weight is 504 g/mol. The van der Waals surface area contributed by atoms with Gasteiger partial charge >= 0.3 is 11.9 Å². The maximum Gasteiger partial charge on any atom is 0.339 e. The van der Waals surface area contributed by atoms with Gasteiger partial charge in [0.05, 0.1) is 29.4 Å². The number of benzene rings is 1. The van der Waals surface area contributed by atoms with Gasteiger partial charge in [0, 0.05) is 4.47 Å². The predicted octanol–water partition coefficient (Wildman–Crippen LogP) is 7.85. The molecular weight excluding hydrogens is 468 g/mol. The monoisotopic (exact) mass is 502 g/mol. The number of esters is 2. The molecule has 0 aliphatic heterocycles. The Hall–Kier alpha value is -1.07. The van der Waals surface area contributed by atoms with Crippen LogP contribution in [0.5, 0.6) is 0 Å². The summed E-state index contributed by atoms with van der Waals surface area (Å²) in [4.78, 5) is 25.1. The molecule has 0 amide bonds. The highest BCUT2D eigenvalue weighted by Gasteiger charge is 2.22. The van der Waals surface area contributed by atoms with Crippen LogP contribution in [0.2, 0.25) is 5.02 Å². The maximum absolute atomic E-state index is 12.6. The molecule has 0 radical (unpaired) electrons. The topological polar surface area (TPSA) is 52.6 Å². The molecular formula is C24H36BrClO4. The second kappa shape index (κ2) is 14.9. The molecule has 0 fully saturated rings. The number of unbranched alkanes of at least 4 members (excludes halogenated alkanes) is 4. The summed E-state index contributed by atoms with van der Waals surface area (Å²) < 4.78 is 11.3. The predicted molar refractivity (Wildman–Crippen MR) is 126 cm³/mol.